The summed E-state index contributed by atoms with van der Waals surface area (Å²) in [4.78, 5) is 6.95. The number of rotatable bonds is 4. The number of aromatic nitrogens is 2. The molecular weight excluding hydrogens is 364 g/mol. The van der Waals surface area contributed by atoms with Crippen molar-refractivity contribution in [3.63, 3.8) is 0 Å². The van der Waals surface area contributed by atoms with Crippen molar-refractivity contribution < 1.29 is 5.11 Å². The maximum Gasteiger partial charge on any atom is 0.195 e. The first-order valence-electron chi connectivity index (χ1n) is 10.1. The number of aliphatic hydroxyl groups excluding tert-OH is 1. The Bertz CT molecular complexity index is 1070. The zero-order chi connectivity index (χ0) is 18.9. The lowest BCUT2D eigenvalue weighted by atomic mass is 9.84. The molecule has 1 fully saturated rings. The van der Waals surface area contributed by atoms with E-state index in [2.05, 4.69) is 42.6 Å². The molecule has 1 saturated carbocycles. The third kappa shape index (κ3) is 3.17. The molecule has 0 saturated heterocycles. The van der Waals surface area contributed by atoms with Crippen LogP contribution in [0, 0.1) is 0 Å². The summed E-state index contributed by atoms with van der Waals surface area (Å²) in [6, 6.07) is 19.2. The Morgan fingerprint density at radius 2 is 1.68 bits per heavy atom. The van der Waals surface area contributed by atoms with Crippen LogP contribution in [0.25, 0.3) is 26.7 Å². The minimum atomic E-state index is -0.0220. The lowest BCUT2D eigenvalue weighted by Gasteiger charge is -2.22. The lowest BCUT2D eigenvalue weighted by molar-refractivity contribution is 0.276. The second-order valence-corrected chi connectivity index (χ2v) is 8.65. The van der Waals surface area contributed by atoms with Gasteiger partial charge in [-0.3, -0.25) is 4.40 Å². The minimum absolute atomic E-state index is 0.0220. The number of aliphatic hydroxyl groups is 1. The molecule has 2 heterocycles. The largest absolute Gasteiger partial charge is 0.390 e. The van der Waals surface area contributed by atoms with Gasteiger partial charge >= 0.3 is 0 Å². The van der Waals surface area contributed by atoms with Gasteiger partial charge in [-0.25, -0.2) is 4.98 Å². The van der Waals surface area contributed by atoms with Gasteiger partial charge in [0.1, 0.15) is 0 Å². The van der Waals surface area contributed by atoms with E-state index in [-0.39, 0.29) is 6.61 Å². The molecule has 4 aromatic rings. The molecule has 1 aliphatic rings. The summed E-state index contributed by atoms with van der Waals surface area (Å²) in [6.45, 7) is -0.0220. The van der Waals surface area contributed by atoms with Crippen LogP contribution in [0.15, 0.2) is 60.8 Å². The van der Waals surface area contributed by atoms with Gasteiger partial charge in [0.2, 0.25) is 0 Å². The van der Waals surface area contributed by atoms with Gasteiger partial charge < -0.3 is 5.11 Å². The van der Waals surface area contributed by atoms with Gasteiger partial charge in [0.05, 0.1) is 22.9 Å². The van der Waals surface area contributed by atoms with E-state index in [1.807, 2.05) is 22.6 Å². The summed E-state index contributed by atoms with van der Waals surface area (Å²) >= 11 is 1.66. The number of thiazole rings is 1. The standard InChI is InChI=1S/C24H24N2OS/c27-16-21-23(20-13-11-18(12-14-20)17-7-3-1-4-8-17)25-24-26(21)15-22(28-24)19-9-5-2-6-10-19/h2,5-6,9-15,17,27H,1,3-4,7-8,16H2. The third-order valence-corrected chi connectivity index (χ3v) is 6.93. The van der Waals surface area contributed by atoms with E-state index >= 15 is 0 Å². The Kier molecular flexibility index (Phi) is 4.75. The van der Waals surface area contributed by atoms with Gasteiger partial charge in [-0.1, -0.05) is 85.2 Å². The van der Waals surface area contributed by atoms with E-state index < -0.39 is 0 Å². The van der Waals surface area contributed by atoms with Gasteiger partial charge in [0.25, 0.3) is 0 Å². The third-order valence-electron chi connectivity index (χ3n) is 5.89. The zero-order valence-electron chi connectivity index (χ0n) is 15.8. The van der Waals surface area contributed by atoms with Crippen LogP contribution in [-0.4, -0.2) is 14.5 Å². The molecule has 3 nitrogen and oxygen atoms in total. The summed E-state index contributed by atoms with van der Waals surface area (Å²) in [5.41, 5.74) is 5.46. The van der Waals surface area contributed by atoms with Crippen molar-refractivity contribution in [3.8, 4) is 21.7 Å². The van der Waals surface area contributed by atoms with Crippen LogP contribution in [0.2, 0.25) is 0 Å². The van der Waals surface area contributed by atoms with Gasteiger partial charge in [0.15, 0.2) is 4.96 Å². The number of imidazole rings is 1. The number of benzene rings is 2. The van der Waals surface area contributed by atoms with Crippen LogP contribution in [0.5, 0.6) is 0 Å². The van der Waals surface area contributed by atoms with E-state index in [9.17, 15) is 5.11 Å². The Labute approximate surface area is 169 Å². The molecule has 0 bridgehead atoms. The van der Waals surface area contributed by atoms with Gasteiger partial charge in [-0.2, -0.15) is 0 Å². The predicted octanol–water partition coefficient (Wildman–Crippen LogP) is 6.27. The maximum atomic E-state index is 10.0. The number of hydrogen-bond donors (Lipinski definition) is 1. The first kappa shape index (κ1) is 17.7. The summed E-state index contributed by atoms with van der Waals surface area (Å²) in [7, 11) is 0. The topological polar surface area (TPSA) is 37.5 Å². The lowest BCUT2D eigenvalue weighted by Crippen LogP contribution is -2.04. The summed E-state index contributed by atoms with van der Waals surface area (Å²) in [6.07, 6.45) is 8.79. The molecule has 0 radical (unpaired) electrons. The van der Waals surface area contributed by atoms with Crippen molar-refractivity contribution in [2.45, 2.75) is 44.6 Å². The first-order chi connectivity index (χ1) is 13.8. The maximum absolute atomic E-state index is 10.0. The molecule has 2 aromatic carbocycles. The highest BCUT2D eigenvalue weighted by atomic mass is 32.1. The molecule has 5 rings (SSSR count). The van der Waals surface area contributed by atoms with Gasteiger partial charge in [0, 0.05) is 11.8 Å². The molecule has 28 heavy (non-hydrogen) atoms. The monoisotopic (exact) mass is 388 g/mol. The molecule has 0 amide bonds. The molecule has 142 valence electrons. The summed E-state index contributed by atoms with van der Waals surface area (Å²) < 4.78 is 2.04. The normalized spacial score (nSPS) is 15.3. The number of nitrogens with zero attached hydrogens (tertiary/aromatic N) is 2. The molecule has 0 aliphatic heterocycles. The van der Waals surface area contributed by atoms with E-state index in [4.69, 9.17) is 4.98 Å². The average molecular weight is 389 g/mol. The fraction of sp³-hybridized carbons (Fsp3) is 0.292. The highest BCUT2D eigenvalue weighted by molar-refractivity contribution is 7.20. The smallest absolute Gasteiger partial charge is 0.195 e. The van der Waals surface area contributed by atoms with E-state index in [1.54, 1.807) is 11.3 Å². The Morgan fingerprint density at radius 3 is 2.39 bits per heavy atom. The fourth-order valence-electron chi connectivity index (χ4n) is 4.36. The van der Waals surface area contributed by atoms with Crippen LogP contribution < -0.4 is 0 Å². The minimum Gasteiger partial charge on any atom is -0.390 e. The molecule has 1 aliphatic carbocycles. The van der Waals surface area contributed by atoms with E-state index in [0.717, 1.165) is 26.8 Å². The van der Waals surface area contributed by atoms with Gasteiger partial charge in [-0.05, 0) is 29.9 Å². The number of hydrogen-bond acceptors (Lipinski definition) is 3. The zero-order valence-corrected chi connectivity index (χ0v) is 16.7. The van der Waals surface area contributed by atoms with Crippen molar-refractivity contribution in [1.82, 2.24) is 9.38 Å². The number of fused-ring (bicyclic) bond motifs is 1. The highest BCUT2D eigenvalue weighted by Crippen LogP contribution is 2.36. The average Bonchev–Trinajstić information content (AvgIpc) is 3.33. The fourth-order valence-corrected chi connectivity index (χ4v) is 5.36. The molecule has 0 atom stereocenters. The van der Waals surface area contributed by atoms with Crippen molar-refractivity contribution in [2.24, 2.45) is 0 Å². The first-order valence-corrected chi connectivity index (χ1v) is 10.9. The Morgan fingerprint density at radius 1 is 0.929 bits per heavy atom. The van der Waals surface area contributed by atoms with Crippen LogP contribution in [0.4, 0.5) is 0 Å². The van der Waals surface area contributed by atoms with Crippen molar-refractivity contribution in [1.29, 1.82) is 0 Å². The van der Waals surface area contributed by atoms with Crippen LogP contribution in [0.1, 0.15) is 49.3 Å². The predicted molar refractivity (Wildman–Crippen MR) is 116 cm³/mol. The van der Waals surface area contributed by atoms with Crippen LogP contribution in [-0.2, 0) is 6.61 Å². The molecule has 0 spiro atoms. The Balaban J connectivity index is 1.49. The van der Waals surface area contributed by atoms with Crippen molar-refractivity contribution >= 4 is 16.3 Å². The van der Waals surface area contributed by atoms with Crippen molar-refractivity contribution in [3.05, 3.63) is 72.1 Å². The quantitative estimate of drug-likeness (QED) is 0.447. The van der Waals surface area contributed by atoms with Crippen LogP contribution >= 0.6 is 11.3 Å². The second-order valence-electron chi connectivity index (χ2n) is 7.64. The summed E-state index contributed by atoms with van der Waals surface area (Å²) in [5, 5.41) is 10.0. The molecule has 2 aromatic heterocycles. The molecular formula is C24H24N2OS. The highest BCUT2D eigenvalue weighted by Gasteiger charge is 2.18. The van der Waals surface area contributed by atoms with Crippen molar-refractivity contribution in [2.75, 3.05) is 0 Å². The van der Waals surface area contributed by atoms with E-state index in [1.165, 1.54) is 43.2 Å². The SMILES string of the molecule is OCc1c(-c2ccc(C3CCCCC3)cc2)nc2sc(-c3ccccc3)cn12. The van der Waals surface area contributed by atoms with Gasteiger partial charge in [-0.15, -0.1) is 0 Å². The Hall–Kier alpha value is -2.43. The molecule has 4 heteroatoms. The molecule has 0 unspecified atom stereocenters. The van der Waals surface area contributed by atoms with E-state index in [0.29, 0.717) is 5.92 Å². The summed E-state index contributed by atoms with van der Waals surface area (Å²) in [5.74, 6) is 0.707. The van der Waals surface area contributed by atoms with Crippen LogP contribution in [0.3, 0.4) is 0 Å². The molecule has 1 N–H and O–H groups in total. The second kappa shape index (κ2) is 7.53.